The normalized spacial score (nSPS) is 11.6. The molecule has 0 radical (unpaired) electrons. The Morgan fingerprint density at radius 3 is 2.40 bits per heavy atom. The van der Waals surface area contributed by atoms with Crippen LogP contribution in [0.2, 0.25) is 0 Å². The number of amides is 1. The van der Waals surface area contributed by atoms with Gasteiger partial charge in [-0.05, 0) is 42.7 Å². The van der Waals surface area contributed by atoms with Crippen LogP contribution in [-0.4, -0.2) is 23.6 Å². The highest BCUT2D eigenvalue weighted by Gasteiger charge is 2.19. The van der Waals surface area contributed by atoms with E-state index in [0.29, 0.717) is 6.61 Å². The fourth-order valence-electron chi connectivity index (χ4n) is 2.69. The number of carbonyl (C=O) groups is 2. The third-order valence-corrected chi connectivity index (χ3v) is 3.88. The summed E-state index contributed by atoms with van der Waals surface area (Å²) in [5.74, 6) is -0.399. The van der Waals surface area contributed by atoms with Gasteiger partial charge in [0.15, 0.2) is 0 Å². The molecule has 0 bridgehead atoms. The maximum Gasteiger partial charge on any atom is 0.305 e. The number of nitrogens with one attached hydrogen (secondary N) is 1. The lowest BCUT2D eigenvalue weighted by Gasteiger charge is -2.19. The van der Waals surface area contributed by atoms with Crippen molar-refractivity contribution in [3.05, 3.63) is 65.2 Å². The molecule has 0 saturated carbocycles. The van der Waals surface area contributed by atoms with Crippen molar-refractivity contribution in [2.75, 3.05) is 6.61 Å². The zero-order valence-corrected chi connectivity index (χ0v) is 14.5. The van der Waals surface area contributed by atoms with Crippen molar-refractivity contribution < 1.29 is 19.4 Å². The third kappa shape index (κ3) is 5.64. The van der Waals surface area contributed by atoms with Crippen LogP contribution in [0.4, 0.5) is 0 Å². The number of aryl methyl sites for hydroxylation is 1. The number of hydrogen-bond acceptors (Lipinski definition) is 3. The van der Waals surface area contributed by atoms with Gasteiger partial charge in [0, 0.05) is 0 Å². The smallest absolute Gasteiger partial charge is 0.305 e. The Morgan fingerprint density at radius 1 is 1.12 bits per heavy atom. The van der Waals surface area contributed by atoms with Crippen LogP contribution in [-0.2, 0) is 16.0 Å². The average Bonchev–Trinajstić information content (AvgIpc) is 2.56. The molecule has 2 N–H and O–H groups in total. The molecule has 2 aromatic rings. The Bertz CT molecular complexity index is 725. The molecule has 25 heavy (non-hydrogen) atoms. The summed E-state index contributed by atoms with van der Waals surface area (Å²) >= 11 is 0. The Kier molecular flexibility index (Phi) is 6.57. The number of hydrogen-bond donors (Lipinski definition) is 2. The zero-order chi connectivity index (χ0) is 18.2. The maximum atomic E-state index is 12.4. The molecule has 0 heterocycles. The van der Waals surface area contributed by atoms with Crippen molar-refractivity contribution in [3.63, 3.8) is 0 Å². The van der Waals surface area contributed by atoms with Crippen molar-refractivity contribution in [1.29, 1.82) is 0 Å². The molecular formula is C20H23NO4. The van der Waals surface area contributed by atoms with E-state index in [1.54, 1.807) is 0 Å². The van der Waals surface area contributed by atoms with Gasteiger partial charge in [0.1, 0.15) is 5.75 Å². The van der Waals surface area contributed by atoms with E-state index in [4.69, 9.17) is 9.84 Å². The van der Waals surface area contributed by atoms with Gasteiger partial charge in [-0.1, -0.05) is 36.4 Å². The summed E-state index contributed by atoms with van der Waals surface area (Å²) in [5.41, 5.74) is 2.62. The predicted molar refractivity (Wildman–Crippen MR) is 95.6 cm³/mol. The molecule has 0 fully saturated rings. The monoisotopic (exact) mass is 341 g/mol. The van der Waals surface area contributed by atoms with Crippen molar-refractivity contribution in [3.8, 4) is 5.75 Å². The van der Waals surface area contributed by atoms with Crippen LogP contribution < -0.4 is 10.1 Å². The summed E-state index contributed by atoms with van der Waals surface area (Å²) in [4.78, 5) is 23.5. The SMILES string of the molecule is CCOc1ccc(CC(=O)NC(CC(=O)O)c2ccccc2C)cc1. The molecule has 1 amide bonds. The first kappa shape index (κ1) is 18.5. The zero-order valence-electron chi connectivity index (χ0n) is 14.5. The van der Waals surface area contributed by atoms with Gasteiger partial charge in [-0.15, -0.1) is 0 Å². The Hall–Kier alpha value is -2.82. The summed E-state index contributed by atoms with van der Waals surface area (Å²) in [5, 5.41) is 12.0. The summed E-state index contributed by atoms with van der Waals surface area (Å²) < 4.78 is 5.38. The predicted octanol–water partition coefficient (Wildman–Crippen LogP) is 3.27. The Labute approximate surface area is 147 Å². The molecule has 132 valence electrons. The van der Waals surface area contributed by atoms with Crippen molar-refractivity contribution in [1.82, 2.24) is 5.32 Å². The largest absolute Gasteiger partial charge is 0.494 e. The number of benzene rings is 2. The number of aliphatic carboxylic acids is 1. The number of carboxylic acid groups (broad SMARTS) is 1. The summed E-state index contributed by atoms with van der Waals surface area (Å²) in [7, 11) is 0. The molecule has 5 nitrogen and oxygen atoms in total. The summed E-state index contributed by atoms with van der Waals surface area (Å²) in [6, 6.07) is 14.3. The van der Waals surface area contributed by atoms with Crippen LogP contribution in [0, 0.1) is 6.92 Å². The minimum Gasteiger partial charge on any atom is -0.494 e. The molecule has 0 aliphatic rings. The molecule has 0 spiro atoms. The highest BCUT2D eigenvalue weighted by atomic mass is 16.5. The van der Waals surface area contributed by atoms with Gasteiger partial charge in [0.05, 0.1) is 25.5 Å². The lowest BCUT2D eigenvalue weighted by atomic mass is 9.98. The van der Waals surface area contributed by atoms with Gasteiger partial charge in [-0.25, -0.2) is 0 Å². The van der Waals surface area contributed by atoms with Gasteiger partial charge < -0.3 is 15.2 Å². The van der Waals surface area contributed by atoms with Crippen LogP contribution >= 0.6 is 0 Å². The van der Waals surface area contributed by atoms with E-state index in [0.717, 1.165) is 22.4 Å². The number of rotatable bonds is 8. The molecule has 1 atom stereocenters. The van der Waals surface area contributed by atoms with Gasteiger partial charge in [0.25, 0.3) is 0 Å². The van der Waals surface area contributed by atoms with Crippen LogP contribution in [0.25, 0.3) is 0 Å². The first-order valence-corrected chi connectivity index (χ1v) is 8.28. The van der Waals surface area contributed by atoms with Gasteiger partial charge in [-0.3, -0.25) is 9.59 Å². The van der Waals surface area contributed by atoms with Gasteiger partial charge in [-0.2, -0.15) is 0 Å². The molecule has 2 rings (SSSR count). The summed E-state index contributed by atoms with van der Waals surface area (Å²) in [6.07, 6.45) is 0.0360. The van der Waals surface area contributed by atoms with Gasteiger partial charge in [0.2, 0.25) is 5.91 Å². The van der Waals surface area contributed by atoms with Crippen molar-refractivity contribution in [2.24, 2.45) is 0 Å². The number of carbonyl (C=O) groups excluding carboxylic acids is 1. The quantitative estimate of drug-likeness (QED) is 0.773. The van der Waals surface area contributed by atoms with Crippen LogP contribution in [0.5, 0.6) is 5.75 Å². The van der Waals surface area contributed by atoms with E-state index >= 15 is 0 Å². The molecule has 5 heteroatoms. The van der Waals surface area contributed by atoms with Crippen molar-refractivity contribution >= 4 is 11.9 Å². The molecule has 0 aromatic heterocycles. The lowest BCUT2D eigenvalue weighted by molar-refractivity contribution is -0.137. The molecule has 0 aliphatic carbocycles. The van der Waals surface area contributed by atoms with E-state index in [-0.39, 0.29) is 18.7 Å². The second-order valence-corrected chi connectivity index (χ2v) is 5.83. The molecule has 0 aliphatic heterocycles. The fourth-order valence-corrected chi connectivity index (χ4v) is 2.69. The van der Waals surface area contributed by atoms with Crippen LogP contribution in [0.3, 0.4) is 0 Å². The third-order valence-electron chi connectivity index (χ3n) is 3.88. The average molecular weight is 341 g/mol. The van der Waals surface area contributed by atoms with Gasteiger partial charge >= 0.3 is 5.97 Å². The lowest BCUT2D eigenvalue weighted by Crippen LogP contribution is -2.31. The first-order valence-electron chi connectivity index (χ1n) is 8.28. The Morgan fingerprint density at radius 2 is 1.80 bits per heavy atom. The minimum atomic E-state index is -0.949. The van der Waals surface area contributed by atoms with Crippen molar-refractivity contribution in [2.45, 2.75) is 32.7 Å². The standard InChI is InChI=1S/C20H23NO4/c1-3-25-16-10-8-15(9-11-16)12-19(22)21-18(13-20(23)24)17-7-5-4-6-14(17)2/h4-11,18H,3,12-13H2,1-2H3,(H,21,22)(H,23,24). The maximum absolute atomic E-state index is 12.4. The minimum absolute atomic E-state index is 0.153. The van der Waals surface area contributed by atoms with E-state index in [2.05, 4.69) is 5.32 Å². The highest BCUT2D eigenvalue weighted by Crippen LogP contribution is 2.21. The van der Waals surface area contributed by atoms with Crippen LogP contribution in [0.1, 0.15) is 36.1 Å². The van der Waals surface area contributed by atoms with E-state index in [1.807, 2.05) is 62.4 Å². The molecule has 1 unspecified atom stereocenters. The Balaban J connectivity index is 2.06. The van der Waals surface area contributed by atoms with E-state index < -0.39 is 12.0 Å². The first-order chi connectivity index (χ1) is 12.0. The number of ether oxygens (including phenoxy) is 1. The topological polar surface area (TPSA) is 75.6 Å². The second-order valence-electron chi connectivity index (χ2n) is 5.83. The fraction of sp³-hybridized carbons (Fsp3) is 0.300. The molecule has 2 aromatic carbocycles. The highest BCUT2D eigenvalue weighted by molar-refractivity contribution is 5.80. The molecular weight excluding hydrogens is 318 g/mol. The summed E-state index contributed by atoms with van der Waals surface area (Å²) in [6.45, 7) is 4.41. The van der Waals surface area contributed by atoms with E-state index in [9.17, 15) is 9.59 Å². The second kappa shape index (κ2) is 8.87. The van der Waals surface area contributed by atoms with E-state index in [1.165, 1.54) is 0 Å². The van der Waals surface area contributed by atoms with Crippen LogP contribution in [0.15, 0.2) is 48.5 Å². The number of carboxylic acids is 1. The molecule has 0 saturated heterocycles.